The Morgan fingerprint density at radius 2 is 1.75 bits per heavy atom. The first kappa shape index (κ1) is 12.4. The van der Waals surface area contributed by atoms with Gasteiger partial charge in [-0.25, -0.2) is 0 Å². The highest BCUT2D eigenvalue weighted by molar-refractivity contribution is 5.77. The van der Waals surface area contributed by atoms with E-state index in [9.17, 15) is 4.79 Å². The van der Waals surface area contributed by atoms with E-state index < -0.39 is 0 Å². The molecule has 4 nitrogen and oxygen atoms in total. The van der Waals surface area contributed by atoms with Crippen LogP contribution in [0.4, 0.5) is 0 Å². The van der Waals surface area contributed by atoms with Gasteiger partial charge >= 0.3 is 0 Å². The number of carbonyl (C=O) groups excluding carboxylic acids is 1. The molecule has 88 valence electrons. The van der Waals surface area contributed by atoms with Gasteiger partial charge in [-0.15, -0.1) is 0 Å². The molecule has 0 aliphatic carbocycles. The van der Waals surface area contributed by atoms with Crippen LogP contribution in [0.25, 0.3) is 0 Å². The van der Waals surface area contributed by atoms with E-state index in [1.54, 1.807) is 20.2 Å². The van der Waals surface area contributed by atoms with E-state index >= 15 is 0 Å². The largest absolute Gasteiger partial charge is 0.490 e. The van der Waals surface area contributed by atoms with Crippen LogP contribution in [0, 0.1) is 0 Å². The fourth-order valence-corrected chi connectivity index (χ4v) is 1.11. The number of hydrogen-bond acceptors (Lipinski definition) is 3. The molecule has 0 saturated heterocycles. The van der Waals surface area contributed by atoms with E-state index in [2.05, 4.69) is 0 Å². The smallest absolute Gasteiger partial charge is 0.259 e. The van der Waals surface area contributed by atoms with Crippen molar-refractivity contribution in [1.82, 2.24) is 4.90 Å². The number of amides is 1. The van der Waals surface area contributed by atoms with Gasteiger partial charge in [0.1, 0.15) is 0 Å². The molecule has 1 amide bonds. The number of ether oxygens (including phenoxy) is 2. The molecule has 4 heteroatoms. The zero-order valence-corrected chi connectivity index (χ0v) is 9.90. The van der Waals surface area contributed by atoms with Crippen molar-refractivity contribution in [3.8, 4) is 11.5 Å². The van der Waals surface area contributed by atoms with Crippen LogP contribution < -0.4 is 9.47 Å². The first-order chi connectivity index (χ1) is 7.65. The highest BCUT2D eigenvalue weighted by Gasteiger charge is 2.08. The van der Waals surface area contributed by atoms with Gasteiger partial charge in [0.25, 0.3) is 5.91 Å². The van der Waals surface area contributed by atoms with Crippen molar-refractivity contribution in [1.29, 1.82) is 0 Å². The minimum absolute atomic E-state index is 0.0249. The number of para-hydroxylation sites is 2. The average molecular weight is 223 g/mol. The van der Waals surface area contributed by atoms with Gasteiger partial charge in [-0.2, -0.15) is 0 Å². The van der Waals surface area contributed by atoms with Crippen molar-refractivity contribution < 1.29 is 14.3 Å². The topological polar surface area (TPSA) is 38.8 Å². The Labute approximate surface area is 95.8 Å². The normalized spacial score (nSPS) is 9.69. The number of carbonyl (C=O) groups is 1. The van der Waals surface area contributed by atoms with E-state index in [4.69, 9.17) is 9.47 Å². The summed E-state index contributed by atoms with van der Waals surface area (Å²) in [5, 5.41) is 0. The summed E-state index contributed by atoms with van der Waals surface area (Å²) in [7, 11) is 3.39. The SMILES string of the molecule is CCOc1ccccc1OCC(=O)N(C)C. The summed E-state index contributed by atoms with van der Waals surface area (Å²) in [5.74, 6) is 1.18. The highest BCUT2D eigenvalue weighted by Crippen LogP contribution is 2.26. The molecule has 0 atom stereocenters. The lowest BCUT2D eigenvalue weighted by Crippen LogP contribution is -2.27. The molecule has 1 aromatic carbocycles. The molecular formula is C12H17NO3. The van der Waals surface area contributed by atoms with Crippen LogP contribution in [0.3, 0.4) is 0 Å². The molecule has 1 rings (SSSR count). The molecule has 0 N–H and O–H groups in total. The molecule has 16 heavy (non-hydrogen) atoms. The maximum Gasteiger partial charge on any atom is 0.259 e. The first-order valence-electron chi connectivity index (χ1n) is 5.20. The van der Waals surface area contributed by atoms with Gasteiger partial charge < -0.3 is 14.4 Å². The molecule has 0 fully saturated rings. The van der Waals surface area contributed by atoms with Crippen molar-refractivity contribution in [3.05, 3.63) is 24.3 Å². The van der Waals surface area contributed by atoms with Gasteiger partial charge in [0.15, 0.2) is 18.1 Å². The molecule has 0 aliphatic rings. The monoisotopic (exact) mass is 223 g/mol. The van der Waals surface area contributed by atoms with Crippen LogP contribution in [0.1, 0.15) is 6.92 Å². The van der Waals surface area contributed by atoms with Gasteiger partial charge in [-0.05, 0) is 19.1 Å². The van der Waals surface area contributed by atoms with E-state index in [0.29, 0.717) is 18.1 Å². The van der Waals surface area contributed by atoms with Crippen LogP contribution in [-0.2, 0) is 4.79 Å². The molecule has 0 saturated carbocycles. The minimum atomic E-state index is -0.0775. The quantitative estimate of drug-likeness (QED) is 0.760. The van der Waals surface area contributed by atoms with E-state index in [0.717, 1.165) is 0 Å². The average Bonchev–Trinajstić information content (AvgIpc) is 2.27. The maximum absolute atomic E-state index is 11.3. The Kier molecular flexibility index (Phi) is 4.64. The predicted octanol–water partition coefficient (Wildman–Crippen LogP) is 1.55. The van der Waals surface area contributed by atoms with E-state index in [1.807, 2.05) is 25.1 Å². The van der Waals surface area contributed by atoms with Crippen LogP contribution >= 0.6 is 0 Å². The van der Waals surface area contributed by atoms with E-state index in [-0.39, 0.29) is 12.5 Å². The second-order valence-electron chi connectivity index (χ2n) is 3.46. The molecule has 0 spiro atoms. The lowest BCUT2D eigenvalue weighted by molar-refractivity contribution is -0.130. The van der Waals surface area contributed by atoms with Crippen LogP contribution in [0.5, 0.6) is 11.5 Å². The van der Waals surface area contributed by atoms with Gasteiger partial charge in [0.2, 0.25) is 0 Å². The van der Waals surface area contributed by atoms with Crippen molar-refractivity contribution in [2.24, 2.45) is 0 Å². The Morgan fingerprint density at radius 3 is 2.25 bits per heavy atom. The van der Waals surface area contributed by atoms with Gasteiger partial charge in [0.05, 0.1) is 6.61 Å². The summed E-state index contributed by atoms with van der Waals surface area (Å²) in [6.07, 6.45) is 0. The lowest BCUT2D eigenvalue weighted by Gasteiger charge is -2.13. The molecule has 0 heterocycles. The first-order valence-corrected chi connectivity index (χ1v) is 5.20. The van der Waals surface area contributed by atoms with Crippen molar-refractivity contribution in [2.45, 2.75) is 6.92 Å². The molecular weight excluding hydrogens is 206 g/mol. The van der Waals surface area contributed by atoms with Crippen LogP contribution in [0.2, 0.25) is 0 Å². The summed E-state index contributed by atoms with van der Waals surface area (Å²) < 4.78 is 10.8. The van der Waals surface area contributed by atoms with Crippen LogP contribution in [-0.4, -0.2) is 38.1 Å². The zero-order chi connectivity index (χ0) is 12.0. The Bertz CT molecular complexity index is 350. The Balaban J connectivity index is 2.62. The van der Waals surface area contributed by atoms with Crippen molar-refractivity contribution >= 4 is 5.91 Å². The number of nitrogens with zero attached hydrogens (tertiary/aromatic N) is 1. The third kappa shape index (κ3) is 3.46. The molecule has 0 aromatic heterocycles. The van der Waals surface area contributed by atoms with Crippen molar-refractivity contribution in [3.63, 3.8) is 0 Å². The number of likely N-dealkylation sites (N-methyl/N-ethyl adjacent to an activating group) is 1. The van der Waals surface area contributed by atoms with Crippen molar-refractivity contribution in [2.75, 3.05) is 27.3 Å². The fourth-order valence-electron chi connectivity index (χ4n) is 1.11. The molecule has 0 radical (unpaired) electrons. The fraction of sp³-hybridized carbons (Fsp3) is 0.417. The highest BCUT2D eigenvalue weighted by atomic mass is 16.5. The Morgan fingerprint density at radius 1 is 1.19 bits per heavy atom. The molecule has 0 bridgehead atoms. The minimum Gasteiger partial charge on any atom is -0.490 e. The molecule has 0 unspecified atom stereocenters. The summed E-state index contributed by atoms with van der Waals surface area (Å²) >= 11 is 0. The van der Waals surface area contributed by atoms with Crippen LogP contribution in [0.15, 0.2) is 24.3 Å². The zero-order valence-electron chi connectivity index (χ0n) is 9.90. The summed E-state index contributed by atoms with van der Waals surface area (Å²) in [6, 6.07) is 7.32. The van der Waals surface area contributed by atoms with Gasteiger partial charge in [-0.1, -0.05) is 12.1 Å². The molecule has 1 aromatic rings. The summed E-state index contributed by atoms with van der Waals surface area (Å²) in [4.78, 5) is 12.8. The second-order valence-corrected chi connectivity index (χ2v) is 3.46. The number of benzene rings is 1. The summed E-state index contributed by atoms with van der Waals surface area (Å²) in [5.41, 5.74) is 0. The van der Waals surface area contributed by atoms with E-state index in [1.165, 1.54) is 4.90 Å². The number of hydrogen-bond donors (Lipinski definition) is 0. The number of rotatable bonds is 5. The standard InChI is InChI=1S/C12H17NO3/c1-4-15-10-7-5-6-8-11(10)16-9-12(14)13(2)3/h5-8H,4,9H2,1-3H3. The Hall–Kier alpha value is -1.71. The van der Waals surface area contributed by atoms with Gasteiger partial charge in [0, 0.05) is 14.1 Å². The third-order valence-corrected chi connectivity index (χ3v) is 2.00. The second kappa shape index (κ2) is 6.00. The summed E-state index contributed by atoms with van der Waals surface area (Å²) in [6.45, 7) is 2.50. The van der Waals surface area contributed by atoms with Gasteiger partial charge in [-0.3, -0.25) is 4.79 Å². The third-order valence-electron chi connectivity index (χ3n) is 2.00. The maximum atomic E-state index is 11.3. The molecule has 0 aliphatic heterocycles. The lowest BCUT2D eigenvalue weighted by atomic mass is 10.3. The predicted molar refractivity (Wildman–Crippen MR) is 61.8 cm³/mol.